The van der Waals surface area contributed by atoms with Crippen molar-refractivity contribution in [3.63, 3.8) is 0 Å². The summed E-state index contributed by atoms with van der Waals surface area (Å²) >= 11 is 5.73. The van der Waals surface area contributed by atoms with E-state index in [1.807, 2.05) is 6.07 Å². The Kier molecular flexibility index (Phi) is 4.37. The monoisotopic (exact) mass is 293 g/mol. The van der Waals surface area contributed by atoms with Gasteiger partial charge in [-0.1, -0.05) is 17.7 Å². The van der Waals surface area contributed by atoms with E-state index in [0.717, 1.165) is 11.4 Å². The third-order valence-electron chi connectivity index (χ3n) is 2.59. The average molecular weight is 294 g/mol. The van der Waals surface area contributed by atoms with Crippen LogP contribution in [0, 0.1) is 10.1 Å². The minimum absolute atomic E-state index is 0.155. The number of aromatic nitrogens is 1. The van der Waals surface area contributed by atoms with Crippen molar-refractivity contribution in [2.24, 2.45) is 0 Å². The molecule has 0 unspecified atom stereocenters. The first kappa shape index (κ1) is 14.1. The molecule has 0 spiro atoms. The topological polar surface area (TPSA) is 77.3 Å². The maximum Gasteiger partial charge on any atom is 0.312 e. The summed E-state index contributed by atoms with van der Waals surface area (Å²) in [5.74, 6) is 0.920. The molecule has 6 nitrogen and oxygen atoms in total. The van der Waals surface area contributed by atoms with Gasteiger partial charge in [0.2, 0.25) is 0 Å². The van der Waals surface area contributed by atoms with Crippen LogP contribution in [0.15, 0.2) is 36.5 Å². The molecule has 0 radical (unpaired) electrons. The highest BCUT2D eigenvalue weighted by Crippen LogP contribution is 2.30. The third-order valence-corrected chi connectivity index (χ3v) is 2.83. The van der Waals surface area contributed by atoms with E-state index in [0.29, 0.717) is 5.02 Å². The summed E-state index contributed by atoms with van der Waals surface area (Å²) in [7, 11) is 1.77. The number of anilines is 1. The number of nitro benzene ring substituents is 1. The standard InChI is InChI=1S/C13H12ClN3O3/c1-15-13-5-2-9(7-16-13)8-20-12-4-3-10(14)6-11(12)17(18)19/h2-7H,8H2,1H3,(H,15,16). The molecule has 1 aromatic carbocycles. The van der Waals surface area contributed by atoms with Gasteiger partial charge in [0.25, 0.3) is 0 Å². The van der Waals surface area contributed by atoms with Crippen molar-refractivity contribution >= 4 is 23.1 Å². The van der Waals surface area contributed by atoms with Crippen LogP contribution in [0.3, 0.4) is 0 Å². The summed E-state index contributed by atoms with van der Waals surface area (Å²) < 4.78 is 5.45. The van der Waals surface area contributed by atoms with Gasteiger partial charge < -0.3 is 10.1 Å². The van der Waals surface area contributed by atoms with Gasteiger partial charge in [0.15, 0.2) is 5.75 Å². The quantitative estimate of drug-likeness (QED) is 0.676. The molecule has 0 aliphatic rings. The van der Waals surface area contributed by atoms with E-state index in [1.165, 1.54) is 12.1 Å². The minimum atomic E-state index is -0.524. The second kappa shape index (κ2) is 6.21. The molecule has 0 atom stereocenters. The molecule has 0 saturated carbocycles. The van der Waals surface area contributed by atoms with Crippen molar-refractivity contribution in [2.45, 2.75) is 6.61 Å². The Hall–Kier alpha value is -2.34. The third kappa shape index (κ3) is 3.36. The van der Waals surface area contributed by atoms with Gasteiger partial charge in [-0.05, 0) is 18.2 Å². The van der Waals surface area contributed by atoms with E-state index in [-0.39, 0.29) is 18.0 Å². The molecule has 7 heteroatoms. The highest BCUT2D eigenvalue weighted by Gasteiger charge is 2.15. The first-order valence-electron chi connectivity index (χ1n) is 5.79. The summed E-state index contributed by atoms with van der Waals surface area (Å²) in [6.45, 7) is 0.194. The van der Waals surface area contributed by atoms with E-state index in [4.69, 9.17) is 16.3 Å². The molecule has 0 bridgehead atoms. The fraction of sp³-hybridized carbons (Fsp3) is 0.154. The second-order valence-electron chi connectivity index (χ2n) is 3.96. The zero-order valence-corrected chi connectivity index (χ0v) is 11.4. The zero-order chi connectivity index (χ0) is 14.5. The number of nitrogens with one attached hydrogen (secondary N) is 1. The molecule has 1 N–H and O–H groups in total. The van der Waals surface area contributed by atoms with Crippen LogP contribution in [-0.2, 0) is 6.61 Å². The number of benzene rings is 1. The lowest BCUT2D eigenvalue weighted by Gasteiger charge is -2.07. The number of rotatable bonds is 5. The number of hydrogen-bond donors (Lipinski definition) is 1. The van der Waals surface area contributed by atoms with Crippen molar-refractivity contribution < 1.29 is 9.66 Å². The summed E-state index contributed by atoms with van der Waals surface area (Å²) in [6, 6.07) is 7.93. The Bertz CT molecular complexity index is 617. The van der Waals surface area contributed by atoms with Gasteiger partial charge in [0.05, 0.1) is 4.92 Å². The van der Waals surface area contributed by atoms with Crippen molar-refractivity contribution in [3.8, 4) is 5.75 Å². The van der Waals surface area contributed by atoms with E-state index >= 15 is 0 Å². The number of pyridine rings is 1. The SMILES string of the molecule is CNc1ccc(COc2ccc(Cl)cc2[N+](=O)[O-])cn1. The summed E-state index contributed by atoms with van der Waals surface area (Å²) in [4.78, 5) is 14.5. The predicted octanol–water partition coefficient (Wildman–Crippen LogP) is 3.26. The lowest BCUT2D eigenvalue weighted by Crippen LogP contribution is -2.00. The molecule has 104 valence electrons. The molecule has 2 aromatic rings. The normalized spacial score (nSPS) is 10.1. The first-order valence-corrected chi connectivity index (χ1v) is 6.17. The lowest BCUT2D eigenvalue weighted by atomic mass is 10.3. The highest BCUT2D eigenvalue weighted by molar-refractivity contribution is 6.30. The van der Waals surface area contributed by atoms with Gasteiger partial charge in [-0.2, -0.15) is 0 Å². The van der Waals surface area contributed by atoms with Gasteiger partial charge in [-0.15, -0.1) is 0 Å². The van der Waals surface area contributed by atoms with E-state index in [2.05, 4.69) is 10.3 Å². The Morgan fingerprint density at radius 2 is 2.20 bits per heavy atom. The molecule has 0 aliphatic carbocycles. The van der Waals surface area contributed by atoms with Crippen LogP contribution in [-0.4, -0.2) is 17.0 Å². The maximum atomic E-state index is 10.9. The summed E-state index contributed by atoms with van der Waals surface area (Å²) in [6.07, 6.45) is 1.65. The number of ether oxygens (including phenoxy) is 1. The zero-order valence-electron chi connectivity index (χ0n) is 10.7. The Labute approximate surface area is 120 Å². The van der Waals surface area contributed by atoms with Gasteiger partial charge in [0.1, 0.15) is 12.4 Å². The lowest BCUT2D eigenvalue weighted by molar-refractivity contribution is -0.385. The van der Waals surface area contributed by atoms with Crippen LogP contribution in [0.1, 0.15) is 5.56 Å². The molecule has 0 aliphatic heterocycles. The first-order chi connectivity index (χ1) is 9.60. The number of nitrogens with zero attached hydrogens (tertiary/aromatic N) is 2. The average Bonchev–Trinajstić information content (AvgIpc) is 2.46. The largest absolute Gasteiger partial charge is 0.482 e. The van der Waals surface area contributed by atoms with Crippen molar-refractivity contribution in [3.05, 3.63) is 57.2 Å². The Morgan fingerprint density at radius 3 is 2.80 bits per heavy atom. The van der Waals surface area contributed by atoms with Crippen molar-refractivity contribution in [2.75, 3.05) is 12.4 Å². The number of halogens is 1. The molecule has 0 fully saturated rings. The van der Waals surface area contributed by atoms with Gasteiger partial charge in [-0.3, -0.25) is 10.1 Å². The predicted molar refractivity (Wildman–Crippen MR) is 76.2 cm³/mol. The molecular formula is C13H12ClN3O3. The molecule has 2 rings (SSSR count). The fourth-order valence-electron chi connectivity index (χ4n) is 1.57. The van der Waals surface area contributed by atoms with Gasteiger partial charge in [0, 0.05) is 29.9 Å². The molecular weight excluding hydrogens is 282 g/mol. The van der Waals surface area contributed by atoms with Crippen molar-refractivity contribution in [1.29, 1.82) is 0 Å². The fourth-order valence-corrected chi connectivity index (χ4v) is 1.74. The number of nitro groups is 1. The van der Waals surface area contributed by atoms with Crippen LogP contribution in [0.25, 0.3) is 0 Å². The van der Waals surface area contributed by atoms with Crippen LogP contribution in [0.4, 0.5) is 11.5 Å². The van der Waals surface area contributed by atoms with Gasteiger partial charge in [-0.25, -0.2) is 4.98 Å². The number of hydrogen-bond acceptors (Lipinski definition) is 5. The maximum absolute atomic E-state index is 10.9. The molecule has 1 aromatic heterocycles. The van der Waals surface area contributed by atoms with E-state index in [9.17, 15) is 10.1 Å². The van der Waals surface area contributed by atoms with Crippen LogP contribution >= 0.6 is 11.6 Å². The van der Waals surface area contributed by atoms with Crippen LogP contribution < -0.4 is 10.1 Å². The van der Waals surface area contributed by atoms with Crippen LogP contribution in [0.5, 0.6) is 5.75 Å². The molecule has 0 amide bonds. The second-order valence-corrected chi connectivity index (χ2v) is 4.40. The van der Waals surface area contributed by atoms with Crippen molar-refractivity contribution in [1.82, 2.24) is 4.98 Å². The smallest absolute Gasteiger partial charge is 0.312 e. The summed E-state index contributed by atoms with van der Waals surface area (Å²) in [5, 5.41) is 14.1. The highest BCUT2D eigenvalue weighted by atomic mass is 35.5. The summed E-state index contributed by atoms with van der Waals surface area (Å²) in [5.41, 5.74) is 0.658. The molecule has 0 saturated heterocycles. The Balaban J connectivity index is 2.12. The molecule has 1 heterocycles. The Morgan fingerprint density at radius 1 is 1.40 bits per heavy atom. The van der Waals surface area contributed by atoms with Crippen LogP contribution in [0.2, 0.25) is 5.02 Å². The molecule has 20 heavy (non-hydrogen) atoms. The minimum Gasteiger partial charge on any atom is -0.482 e. The van der Waals surface area contributed by atoms with E-state index in [1.54, 1.807) is 25.4 Å². The van der Waals surface area contributed by atoms with E-state index < -0.39 is 4.92 Å². The van der Waals surface area contributed by atoms with Gasteiger partial charge >= 0.3 is 5.69 Å².